The van der Waals surface area contributed by atoms with Crippen molar-refractivity contribution in [2.75, 3.05) is 39.9 Å². The molecule has 2 aliphatic heterocycles. The molecule has 5 heteroatoms. The van der Waals surface area contributed by atoms with E-state index in [1.54, 1.807) is 7.11 Å². The van der Waals surface area contributed by atoms with Crippen LogP contribution >= 0.6 is 0 Å². The van der Waals surface area contributed by atoms with Crippen LogP contribution in [0.5, 0.6) is 0 Å². The first-order valence-corrected chi connectivity index (χ1v) is 9.19. The predicted molar refractivity (Wildman–Crippen MR) is 87.9 cm³/mol. The summed E-state index contributed by atoms with van der Waals surface area (Å²) in [5.74, 6) is 0.966. The van der Waals surface area contributed by atoms with E-state index in [0.29, 0.717) is 31.4 Å². The minimum atomic E-state index is 0.270. The van der Waals surface area contributed by atoms with E-state index in [-0.39, 0.29) is 11.3 Å². The fourth-order valence-corrected chi connectivity index (χ4v) is 4.20. The van der Waals surface area contributed by atoms with Crippen LogP contribution < -0.4 is 0 Å². The fraction of sp³-hybridized carbons (Fsp3) is 0.889. The summed E-state index contributed by atoms with van der Waals surface area (Å²) in [4.78, 5) is 28.7. The normalized spacial score (nSPS) is 25.3. The van der Waals surface area contributed by atoms with Crippen molar-refractivity contribution in [3.8, 4) is 0 Å². The van der Waals surface area contributed by atoms with Crippen molar-refractivity contribution in [2.24, 2.45) is 11.3 Å². The van der Waals surface area contributed by atoms with Crippen LogP contribution in [0.2, 0.25) is 0 Å². The third-order valence-corrected chi connectivity index (χ3v) is 6.29. The highest BCUT2D eigenvalue weighted by Crippen LogP contribution is 2.42. The van der Waals surface area contributed by atoms with Crippen LogP contribution in [-0.2, 0) is 14.3 Å². The van der Waals surface area contributed by atoms with E-state index < -0.39 is 0 Å². The van der Waals surface area contributed by atoms with E-state index in [1.807, 2.05) is 4.90 Å². The van der Waals surface area contributed by atoms with Gasteiger partial charge in [0.05, 0.1) is 6.61 Å². The molecule has 0 aromatic rings. The molecule has 0 bridgehead atoms. The summed E-state index contributed by atoms with van der Waals surface area (Å²) in [6.07, 6.45) is 8.24. The van der Waals surface area contributed by atoms with E-state index >= 15 is 0 Å². The number of hydrogen-bond acceptors (Lipinski definition) is 3. The van der Waals surface area contributed by atoms with Crippen LogP contribution in [-0.4, -0.2) is 61.5 Å². The molecule has 2 heterocycles. The lowest BCUT2D eigenvalue weighted by molar-refractivity contribution is -0.140. The SMILES string of the molecule is COCCN1CCC2(CCC1=O)CCN(C(=O)C1CCC1)CC2. The maximum absolute atomic E-state index is 12.4. The van der Waals surface area contributed by atoms with E-state index in [1.165, 1.54) is 6.42 Å². The van der Waals surface area contributed by atoms with Crippen molar-refractivity contribution >= 4 is 11.8 Å². The number of nitrogens with zero attached hydrogens (tertiary/aromatic N) is 2. The maximum atomic E-state index is 12.4. The van der Waals surface area contributed by atoms with Gasteiger partial charge in [0.15, 0.2) is 0 Å². The number of hydrogen-bond donors (Lipinski definition) is 0. The zero-order valence-corrected chi connectivity index (χ0v) is 14.4. The molecule has 0 atom stereocenters. The summed E-state index contributed by atoms with van der Waals surface area (Å²) in [5.41, 5.74) is 0.272. The molecule has 3 aliphatic rings. The Kier molecular flexibility index (Phi) is 5.24. The quantitative estimate of drug-likeness (QED) is 0.796. The van der Waals surface area contributed by atoms with Gasteiger partial charge in [-0.3, -0.25) is 9.59 Å². The van der Waals surface area contributed by atoms with E-state index in [0.717, 1.165) is 58.2 Å². The first kappa shape index (κ1) is 16.7. The van der Waals surface area contributed by atoms with Gasteiger partial charge in [-0.25, -0.2) is 0 Å². The van der Waals surface area contributed by atoms with E-state index in [4.69, 9.17) is 4.74 Å². The molecule has 2 saturated heterocycles. The Labute approximate surface area is 139 Å². The van der Waals surface area contributed by atoms with Crippen molar-refractivity contribution in [2.45, 2.75) is 51.4 Å². The Morgan fingerprint density at radius 2 is 1.87 bits per heavy atom. The highest BCUT2D eigenvalue weighted by atomic mass is 16.5. The molecule has 23 heavy (non-hydrogen) atoms. The summed E-state index contributed by atoms with van der Waals surface area (Å²) < 4.78 is 5.11. The second kappa shape index (κ2) is 7.20. The van der Waals surface area contributed by atoms with E-state index in [2.05, 4.69) is 4.90 Å². The largest absolute Gasteiger partial charge is 0.383 e. The van der Waals surface area contributed by atoms with Crippen LogP contribution in [0.25, 0.3) is 0 Å². The molecule has 130 valence electrons. The summed E-state index contributed by atoms with van der Waals surface area (Å²) in [6, 6.07) is 0. The number of likely N-dealkylation sites (tertiary alicyclic amines) is 2. The average Bonchev–Trinajstić information content (AvgIpc) is 2.65. The second-order valence-corrected chi connectivity index (χ2v) is 7.58. The Hall–Kier alpha value is -1.10. The molecule has 2 amide bonds. The number of ether oxygens (including phenoxy) is 1. The Morgan fingerprint density at radius 1 is 1.17 bits per heavy atom. The lowest BCUT2D eigenvalue weighted by Crippen LogP contribution is -2.46. The third-order valence-electron chi connectivity index (χ3n) is 6.29. The molecular weight excluding hydrogens is 292 g/mol. The molecule has 0 N–H and O–H groups in total. The molecule has 1 aliphatic carbocycles. The zero-order chi connectivity index (χ0) is 16.3. The van der Waals surface area contributed by atoms with Crippen LogP contribution in [0.15, 0.2) is 0 Å². The van der Waals surface area contributed by atoms with Gasteiger partial charge < -0.3 is 14.5 Å². The molecule has 0 radical (unpaired) electrons. The smallest absolute Gasteiger partial charge is 0.225 e. The molecule has 1 spiro atoms. The standard InChI is InChI=1S/C18H30N2O3/c1-23-14-13-19-10-7-18(6-5-16(19)21)8-11-20(12-9-18)17(22)15-3-2-4-15/h15H,2-14H2,1H3. The monoisotopic (exact) mass is 322 g/mol. The maximum Gasteiger partial charge on any atom is 0.225 e. The highest BCUT2D eigenvalue weighted by molar-refractivity contribution is 5.79. The summed E-state index contributed by atoms with van der Waals surface area (Å²) in [5, 5.41) is 0. The number of methoxy groups -OCH3 is 1. The van der Waals surface area contributed by atoms with Crippen molar-refractivity contribution in [3.63, 3.8) is 0 Å². The molecule has 3 fully saturated rings. The zero-order valence-electron chi connectivity index (χ0n) is 14.4. The Balaban J connectivity index is 1.53. The summed E-state index contributed by atoms with van der Waals surface area (Å²) >= 11 is 0. The van der Waals surface area contributed by atoms with Crippen LogP contribution in [0.3, 0.4) is 0 Å². The van der Waals surface area contributed by atoms with Crippen LogP contribution in [0, 0.1) is 11.3 Å². The van der Waals surface area contributed by atoms with E-state index in [9.17, 15) is 9.59 Å². The Bertz CT molecular complexity index is 440. The topological polar surface area (TPSA) is 49.9 Å². The molecule has 1 saturated carbocycles. The lowest BCUT2D eigenvalue weighted by atomic mass is 9.72. The molecular formula is C18H30N2O3. The van der Waals surface area contributed by atoms with Gasteiger partial charge in [-0.2, -0.15) is 0 Å². The fourth-order valence-electron chi connectivity index (χ4n) is 4.20. The van der Waals surface area contributed by atoms with Gasteiger partial charge >= 0.3 is 0 Å². The van der Waals surface area contributed by atoms with Crippen molar-refractivity contribution in [3.05, 3.63) is 0 Å². The van der Waals surface area contributed by atoms with Gasteiger partial charge in [-0.15, -0.1) is 0 Å². The first-order valence-electron chi connectivity index (χ1n) is 9.19. The summed E-state index contributed by atoms with van der Waals surface area (Å²) in [7, 11) is 1.68. The van der Waals surface area contributed by atoms with Crippen molar-refractivity contribution in [1.82, 2.24) is 9.80 Å². The second-order valence-electron chi connectivity index (χ2n) is 7.58. The van der Waals surface area contributed by atoms with Gasteiger partial charge in [-0.1, -0.05) is 6.42 Å². The van der Waals surface area contributed by atoms with Gasteiger partial charge in [0.2, 0.25) is 11.8 Å². The minimum Gasteiger partial charge on any atom is -0.383 e. The van der Waals surface area contributed by atoms with Gasteiger partial charge in [0.1, 0.15) is 0 Å². The van der Waals surface area contributed by atoms with Crippen LogP contribution in [0.4, 0.5) is 0 Å². The van der Waals surface area contributed by atoms with Gasteiger partial charge in [0, 0.05) is 45.6 Å². The van der Waals surface area contributed by atoms with Crippen molar-refractivity contribution in [1.29, 1.82) is 0 Å². The number of rotatable bonds is 4. The van der Waals surface area contributed by atoms with Gasteiger partial charge in [0.25, 0.3) is 0 Å². The molecule has 3 rings (SSSR count). The third kappa shape index (κ3) is 3.70. The highest BCUT2D eigenvalue weighted by Gasteiger charge is 2.40. The lowest BCUT2D eigenvalue weighted by Gasteiger charge is -2.43. The number of carbonyl (C=O) groups is 2. The first-order chi connectivity index (χ1) is 11.1. The Morgan fingerprint density at radius 3 is 2.48 bits per heavy atom. The average molecular weight is 322 g/mol. The summed E-state index contributed by atoms with van der Waals surface area (Å²) in [6.45, 7) is 3.95. The molecule has 0 aromatic heterocycles. The van der Waals surface area contributed by atoms with Crippen LogP contribution in [0.1, 0.15) is 51.4 Å². The van der Waals surface area contributed by atoms with Crippen molar-refractivity contribution < 1.29 is 14.3 Å². The predicted octanol–water partition coefficient (Wildman–Crippen LogP) is 2.05. The molecule has 0 aromatic carbocycles. The molecule has 0 unspecified atom stereocenters. The minimum absolute atomic E-state index is 0.270. The van der Waals surface area contributed by atoms with Gasteiger partial charge in [-0.05, 0) is 43.9 Å². The number of amides is 2. The number of piperidine rings is 1. The number of carbonyl (C=O) groups excluding carboxylic acids is 2. The molecule has 5 nitrogen and oxygen atoms in total.